The van der Waals surface area contributed by atoms with Gasteiger partial charge in [-0.3, -0.25) is 4.98 Å². The molecule has 0 bridgehead atoms. The smallest absolute Gasteiger partial charge is 0.368 e. The maximum Gasteiger partial charge on any atom is 0.451 e. The van der Waals surface area contributed by atoms with Crippen LogP contribution >= 0.6 is 0 Å². The van der Waals surface area contributed by atoms with Gasteiger partial charge in [-0.05, 0) is 12.1 Å². The highest BCUT2D eigenvalue weighted by Gasteiger charge is 2.35. The molecule has 0 unspecified atom stereocenters. The van der Waals surface area contributed by atoms with Gasteiger partial charge in [0.25, 0.3) is 0 Å². The quantitative estimate of drug-likeness (QED) is 0.874. The molecule has 112 valence electrons. The van der Waals surface area contributed by atoms with Gasteiger partial charge in [0, 0.05) is 26.2 Å². The van der Waals surface area contributed by atoms with Crippen LogP contribution in [0.15, 0.2) is 18.3 Å². The van der Waals surface area contributed by atoms with Crippen molar-refractivity contribution < 1.29 is 13.2 Å². The lowest BCUT2D eigenvalue weighted by Crippen LogP contribution is -2.43. The van der Waals surface area contributed by atoms with Gasteiger partial charge in [-0.2, -0.15) is 13.2 Å². The zero-order chi connectivity index (χ0) is 14.9. The second-order valence-corrected chi connectivity index (χ2v) is 4.66. The Bertz CT molecular complexity index is 600. The van der Waals surface area contributed by atoms with Crippen LogP contribution in [0.1, 0.15) is 5.82 Å². The van der Waals surface area contributed by atoms with Crippen molar-refractivity contribution in [2.24, 2.45) is 0 Å². The maximum absolute atomic E-state index is 12.5. The molecule has 3 heterocycles. The molecule has 1 fully saturated rings. The molecule has 0 spiro atoms. The number of aromatic nitrogens is 4. The number of pyridine rings is 1. The summed E-state index contributed by atoms with van der Waals surface area (Å²) in [5.74, 6) is -1.11. The predicted molar refractivity (Wildman–Crippen MR) is 69.7 cm³/mol. The van der Waals surface area contributed by atoms with Crippen molar-refractivity contribution in [3.8, 4) is 11.5 Å². The van der Waals surface area contributed by atoms with Crippen LogP contribution in [-0.2, 0) is 6.18 Å². The average Bonchev–Trinajstić information content (AvgIpc) is 2.98. The number of piperazine rings is 1. The summed E-state index contributed by atoms with van der Waals surface area (Å²) in [5.41, 5.74) is 1.27. The van der Waals surface area contributed by atoms with Crippen LogP contribution in [0.25, 0.3) is 11.5 Å². The Hall–Kier alpha value is -2.16. The molecule has 2 aromatic rings. The van der Waals surface area contributed by atoms with Gasteiger partial charge in [0.05, 0.1) is 11.9 Å². The number of halogens is 3. The van der Waals surface area contributed by atoms with Gasteiger partial charge in [-0.25, -0.2) is 0 Å². The van der Waals surface area contributed by atoms with E-state index >= 15 is 0 Å². The number of hydrogen-bond donors (Lipinski definition) is 2. The summed E-state index contributed by atoms with van der Waals surface area (Å²) in [4.78, 5) is 8.45. The molecule has 0 radical (unpaired) electrons. The second-order valence-electron chi connectivity index (χ2n) is 4.66. The highest BCUT2D eigenvalue weighted by atomic mass is 19.4. The lowest BCUT2D eigenvalue weighted by atomic mass is 10.2. The van der Waals surface area contributed by atoms with Crippen molar-refractivity contribution in [1.29, 1.82) is 0 Å². The first-order valence-electron chi connectivity index (χ1n) is 6.46. The topological polar surface area (TPSA) is 69.7 Å². The highest BCUT2D eigenvalue weighted by molar-refractivity contribution is 5.54. The van der Waals surface area contributed by atoms with Crippen LogP contribution in [-0.4, -0.2) is 46.3 Å². The van der Waals surface area contributed by atoms with E-state index in [4.69, 9.17) is 0 Å². The van der Waals surface area contributed by atoms with Crippen LogP contribution in [0.2, 0.25) is 0 Å². The monoisotopic (exact) mass is 298 g/mol. The first-order chi connectivity index (χ1) is 10.0. The molecular formula is C12H13F3N6. The molecule has 0 amide bonds. The molecule has 2 aromatic heterocycles. The van der Waals surface area contributed by atoms with Gasteiger partial charge in [-0.1, -0.05) is 0 Å². The number of anilines is 1. The van der Waals surface area contributed by atoms with Crippen LogP contribution in [0.4, 0.5) is 18.9 Å². The van der Waals surface area contributed by atoms with E-state index in [9.17, 15) is 13.2 Å². The minimum Gasteiger partial charge on any atom is -0.368 e. The molecule has 1 aliphatic heterocycles. The first kappa shape index (κ1) is 13.8. The number of aromatic amines is 1. The first-order valence-corrected chi connectivity index (χ1v) is 6.46. The largest absolute Gasteiger partial charge is 0.451 e. The Morgan fingerprint density at radius 1 is 1.10 bits per heavy atom. The van der Waals surface area contributed by atoms with E-state index in [0.29, 0.717) is 5.69 Å². The second kappa shape index (κ2) is 5.32. The molecule has 0 aliphatic carbocycles. The van der Waals surface area contributed by atoms with E-state index in [1.54, 1.807) is 12.3 Å². The SMILES string of the molecule is FC(F)(F)c1nnc(-c2ccc(N3CCNCC3)cn2)[nH]1. The number of rotatable bonds is 2. The molecule has 6 nitrogen and oxygen atoms in total. The fourth-order valence-corrected chi connectivity index (χ4v) is 2.14. The number of alkyl halides is 3. The highest BCUT2D eigenvalue weighted by Crippen LogP contribution is 2.27. The molecule has 0 aromatic carbocycles. The molecule has 21 heavy (non-hydrogen) atoms. The van der Waals surface area contributed by atoms with Gasteiger partial charge in [-0.15, -0.1) is 10.2 Å². The number of hydrogen-bond acceptors (Lipinski definition) is 5. The van der Waals surface area contributed by atoms with Crippen LogP contribution < -0.4 is 10.2 Å². The van der Waals surface area contributed by atoms with Crippen molar-refractivity contribution in [1.82, 2.24) is 25.5 Å². The van der Waals surface area contributed by atoms with Gasteiger partial charge in [0.15, 0.2) is 5.82 Å². The zero-order valence-electron chi connectivity index (χ0n) is 11.0. The van der Waals surface area contributed by atoms with E-state index in [1.165, 1.54) is 0 Å². The lowest BCUT2D eigenvalue weighted by Gasteiger charge is -2.29. The van der Waals surface area contributed by atoms with E-state index in [2.05, 4.69) is 30.4 Å². The summed E-state index contributed by atoms with van der Waals surface area (Å²) in [6.45, 7) is 3.56. The van der Waals surface area contributed by atoms with E-state index in [-0.39, 0.29) is 5.82 Å². The summed E-state index contributed by atoms with van der Waals surface area (Å²) >= 11 is 0. The van der Waals surface area contributed by atoms with Crippen molar-refractivity contribution in [2.45, 2.75) is 6.18 Å². The molecular weight excluding hydrogens is 285 g/mol. The molecule has 0 saturated carbocycles. The van der Waals surface area contributed by atoms with Crippen molar-refractivity contribution in [3.63, 3.8) is 0 Å². The van der Waals surface area contributed by atoms with Crippen LogP contribution in [0, 0.1) is 0 Å². The lowest BCUT2D eigenvalue weighted by molar-refractivity contribution is -0.144. The van der Waals surface area contributed by atoms with Gasteiger partial charge in [0.2, 0.25) is 5.82 Å². The van der Waals surface area contributed by atoms with Crippen molar-refractivity contribution in [2.75, 3.05) is 31.1 Å². The predicted octanol–water partition coefficient (Wildman–Crippen LogP) is 1.30. The fraction of sp³-hybridized carbons (Fsp3) is 0.417. The summed E-state index contributed by atoms with van der Waals surface area (Å²) < 4.78 is 37.4. The van der Waals surface area contributed by atoms with Gasteiger partial charge in [0.1, 0.15) is 5.69 Å². The fourth-order valence-electron chi connectivity index (χ4n) is 2.14. The molecule has 9 heteroatoms. The molecule has 1 aliphatic rings. The van der Waals surface area contributed by atoms with E-state index in [1.807, 2.05) is 6.07 Å². The van der Waals surface area contributed by atoms with Gasteiger partial charge >= 0.3 is 6.18 Å². The average molecular weight is 298 g/mol. The Balaban J connectivity index is 1.79. The van der Waals surface area contributed by atoms with Crippen LogP contribution in [0.3, 0.4) is 0 Å². The van der Waals surface area contributed by atoms with Crippen molar-refractivity contribution in [3.05, 3.63) is 24.2 Å². The van der Waals surface area contributed by atoms with Crippen molar-refractivity contribution >= 4 is 5.69 Å². The summed E-state index contributed by atoms with van der Waals surface area (Å²) in [6, 6.07) is 3.46. The maximum atomic E-state index is 12.5. The minimum atomic E-state index is -4.54. The third kappa shape index (κ3) is 2.97. The number of nitrogens with zero attached hydrogens (tertiary/aromatic N) is 4. The molecule has 2 N–H and O–H groups in total. The van der Waals surface area contributed by atoms with Gasteiger partial charge < -0.3 is 15.2 Å². The normalized spacial score (nSPS) is 16.2. The number of nitrogens with one attached hydrogen (secondary N) is 2. The van der Waals surface area contributed by atoms with E-state index in [0.717, 1.165) is 31.9 Å². The third-order valence-electron chi connectivity index (χ3n) is 3.23. The molecule has 1 saturated heterocycles. The Kier molecular flexibility index (Phi) is 3.50. The minimum absolute atomic E-state index is 0.00851. The Morgan fingerprint density at radius 2 is 1.86 bits per heavy atom. The Labute approximate surface area is 118 Å². The summed E-state index contributed by atoms with van der Waals surface area (Å²) in [7, 11) is 0. The standard InChI is InChI=1S/C12H13F3N6/c13-12(14,15)11-18-10(19-20-11)9-2-1-8(7-17-9)21-5-3-16-4-6-21/h1-2,7,16H,3-6H2,(H,18,19,20). The third-order valence-corrected chi connectivity index (χ3v) is 3.23. The summed E-state index contributed by atoms with van der Waals surface area (Å²) in [6.07, 6.45) is -2.90. The zero-order valence-corrected chi connectivity index (χ0v) is 11.0. The molecule has 3 rings (SSSR count). The number of H-pyrrole nitrogens is 1. The van der Waals surface area contributed by atoms with Crippen LogP contribution in [0.5, 0.6) is 0 Å². The van der Waals surface area contributed by atoms with E-state index < -0.39 is 12.0 Å². The summed E-state index contributed by atoms with van der Waals surface area (Å²) in [5, 5.41) is 9.82. The molecule has 0 atom stereocenters. The Morgan fingerprint density at radius 3 is 2.43 bits per heavy atom.